The normalized spacial score (nSPS) is 18.7. The van der Waals surface area contributed by atoms with E-state index in [0.717, 1.165) is 52.7 Å². The maximum Gasteiger partial charge on any atom is 0.231 e. The number of benzene rings is 3. The molecule has 0 fully saturated rings. The van der Waals surface area contributed by atoms with Crippen LogP contribution in [0.1, 0.15) is 53.1 Å². The van der Waals surface area contributed by atoms with Gasteiger partial charge in [0.05, 0.1) is 13.2 Å². The Balaban J connectivity index is 1.44. The van der Waals surface area contributed by atoms with Gasteiger partial charge in [-0.15, -0.1) is 0 Å². The Kier molecular flexibility index (Phi) is 6.45. The van der Waals surface area contributed by atoms with Gasteiger partial charge < -0.3 is 24.3 Å². The summed E-state index contributed by atoms with van der Waals surface area (Å²) in [5.41, 5.74) is 5.97. The lowest BCUT2D eigenvalue weighted by molar-refractivity contribution is 0.174. The molecule has 0 aromatic heterocycles. The van der Waals surface area contributed by atoms with Gasteiger partial charge in [-0.1, -0.05) is 49.4 Å². The van der Waals surface area contributed by atoms with Gasteiger partial charge in [-0.2, -0.15) is 0 Å². The summed E-state index contributed by atoms with van der Waals surface area (Å²) in [5.74, 6) is 3.59. The van der Waals surface area contributed by atoms with Crippen LogP contribution < -0.4 is 24.3 Å². The molecular weight excluding hydrogens is 426 g/mol. The Bertz CT molecular complexity index is 1190. The average molecular weight is 458 g/mol. The molecule has 2 unspecified atom stereocenters. The van der Waals surface area contributed by atoms with Crippen molar-refractivity contribution in [2.75, 3.05) is 20.4 Å². The summed E-state index contributed by atoms with van der Waals surface area (Å²) in [6.07, 6.45) is 5.44. The first-order valence-electron chi connectivity index (χ1n) is 11.9. The first-order chi connectivity index (χ1) is 16.7. The molecule has 0 spiro atoms. The fraction of sp³-hybridized carbons (Fsp3) is 0.310. The third-order valence-electron chi connectivity index (χ3n) is 6.69. The van der Waals surface area contributed by atoms with E-state index in [2.05, 4.69) is 55.6 Å². The van der Waals surface area contributed by atoms with Gasteiger partial charge >= 0.3 is 0 Å². The second-order valence-electron chi connectivity index (χ2n) is 8.82. The summed E-state index contributed by atoms with van der Waals surface area (Å²) in [6, 6.07) is 18.7. The van der Waals surface area contributed by atoms with Crippen molar-refractivity contribution in [3.05, 3.63) is 88.5 Å². The Labute approximate surface area is 201 Å². The number of nitrogens with one attached hydrogen (secondary N) is 1. The number of hydrogen-bond acceptors (Lipinski definition) is 5. The van der Waals surface area contributed by atoms with Gasteiger partial charge in [0.1, 0.15) is 6.61 Å². The van der Waals surface area contributed by atoms with Crippen LogP contribution in [-0.2, 0) is 6.61 Å². The second kappa shape index (κ2) is 9.82. The molecule has 3 aromatic rings. The highest BCUT2D eigenvalue weighted by molar-refractivity contribution is 5.62. The van der Waals surface area contributed by atoms with E-state index in [1.165, 1.54) is 11.1 Å². The molecule has 2 heterocycles. The third kappa shape index (κ3) is 4.48. The lowest BCUT2D eigenvalue weighted by atomic mass is 9.84. The zero-order valence-electron chi connectivity index (χ0n) is 20.0. The monoisotopic (exact) mass is 457 g/mol. The highest BCUT2D eigenvalue weighted by atomic mass is 16.7. The molecule has 2 aliphatic heterocycles. The third-order valence-corrected chi connectivity index (χ3v) is 6.69. The van der Waals surface area contributed by atoms with Gasteiger partial charge in [0.2, 0.25) is 6.79 Å². The summed E-state index contributed by atoms with van der Waals surface area (Å²) in [4.78, 5) is 0. The van der Waals surface area contributed by atoms with Crippen molar-refractivity contribution in [1.29, 1.82) is 0 Å². The van der Waals surface area contributed by atoms with Crippen LogP contribution in [0, 0.1) is 6.92 Å². The largest absolute Gasteiger partial charge is 0.493 e. The molecule has 0 saturated heterocycles. The van der Waals surface area contributed by atoms with Crippen molar-refractivity contribution in [3.63, 3.8) is 0 Å². The predicted octanol–water partition coefficient (Wildman–Crippen LogP) is 6.16. The van der Waals surface area contributed by atoms with Crippen molar-refractivity contribution in [2.24, 2.45) is 0 Å². The first kappa shape index (κ1) is 22.4. The number of hydrogen-bond donors (Lipinski definition) is 1. The van der Waals surface area contributed by atoms with Gasteiger partial charge in [0.15, 0.2) is 23.0 Å². The van der Waals surface area contributed by atoms with Gasteiger partial charge in [0, 0.05) is 6.54 Å². The van der Waals surface area contributed by atoms with E-state index in [9.17, 15) is 0 Å². The molecule has 5 rings (SSSR count). The number of ether oxygens (including phenoxy) is 4. The number of fused-ring (bicyclic) bond motifs is 2. The van der Waals surface area contributed by atoms with Crippen molar-refractivity contribution in [1.82, 2.24) is 5.32 Å². The fourth-order valence-corrected chi connectivity index (χ4v) is 4.69. The Morgan fingerprint density at radius 2 is 1.76 bits per heavy atom. The van der Waals surface area contributed by atoms with E-state index >= 15 is 0 Å². The van der Waals surface area contributed by atoms with Gasteiger partial charge in [-0.3, -0.25) is 0 Å². The second-order valence-corrected chi connectivity index (χ2v) is 8.82. The molecule has 0 aliphatic carbocycles. The summed E-state index contributed by atoms with van der Waals surface area (Å²) in [7, 11) is 1.70. The molecule has 5 heteroatoms. The van der Waals surface area contributed by atoms with E-state index in [1.54, 1.807) is 7.11 Å². The molecule has 3 aromatic carbocycles. The maximum atomic E-state index is 6.21. The van der Waals surface area contributed by atoms with Crippen LogP contribution in [0.4, 0.5) is 0 Å². The minimum absolute atomic E-state index is 0.0831. The van der Waals surface area contributed by atoms with Crippen LogP contribution >= 0.6 is 0 Å². The summed E-state index contributed by atoms with van der Waals surface area (Å²) in [5, 5.41) is 3.71. The van der Waals surface area contributed by atoms with Crippen molar-refractivity contribution < 1.29 is 18.9 Å². The SMILES string of the molecule is CCC1CNC(/C=C/c2cc3c(cc2C)OCO3)c2cc(OC)c(OCc3ccccc3)cc21. The number of aryl methyl sites for hydroxylation is 1. The zero-order valence-corrected chi connectivity index (χ0v) is 20.0. The molecule has 0 amide bonds. The Morgan fingerprint density at radius 3 is 2.53 bits per heavy atom. The zero-order chi connectivity index (χ0) is 23.5. The first-order valence-corrected chi connectivity index (χ1v) is 11.9. The summed E-state index contributed by atoms with van der Waals surface area (Å²) in [6.45, 7) is 6.04. The Morgan fingerprint density at radius 1 is 1.00 bits per heavy atom. The quantitative estimate of drug-likeness (QED) is 0.460. The van der Waals surface area contributed by atoms with Crippen LogP contribution in [-0.4, -0.2) is 20.4 Å². The van der Waals surface area contributed by atoms with Crippen molar-refractivity contribution >= 4 is 6.08 Å². The molecule has 5 nitrogen and oxygen atoms in total. The van der Waals surface area contributed by atoms with Gasteiger partial charge in [-0.05, 0) is 71.3 Å². The molecule has 2 aliphatic rings. The van der Waals surface area contributed by atoms with Crippen LogP contribution in [0.3, 0.4) is 0 Å². The van der Waals surface area contributed by atoms with E-state index in [-0.39, 0.29) is 12.8 Å². The predicted molar refractivity (Wildman–Crippen MR) is 134 cm³/mol. The maximum absolute atomic E-state index is 6.21. The number of rotatable bonds is 7. The van der Waals surface area contributed by atoms with E-state index in [0.29, 0.717) is 12.5 Å². The minimum atomic E-state index is 0.0831. The molecule has 2 atom stereocenters. The van der Waals surface area contributed by atoms with E-state index < -0.39 is 0 Å². The fourth-order valence-electron chi connectivity index (χ4n) is 4.69. The molecule has 0 radical (unpaired) electrons. The van der Waals surface area contributed by atoms with Crippen molar-refractivity contribution in [3.8, 4) is 23.0 Å². The molecular formula is C29H31NO4. The molecule has 0 saturated carbocycles. The van der Waals surface area contributed by atoms with Crippen molar-refractivity contribution in [2.45, 2.75) is 38.8 Å². The standard InChI is InChI=1S/C29H31NO4/c1-4-21-16-30-25(11-10-22-13-28-27(12-19(22)2)33-18-34-28)24-15-26(31-3)29(14-23(21)24)32-17-20-8-6-5-7-9-20/h5-15,21,25,30H,4,16-18H2,1-3H3/b11-10+. The average Bonchev–Trinajstić information content (AvgIpc) is 3.33. The highest BCUT2D eigenvalue weighted by Gasteiger charge is 2.27. The molecule has 176 valence electrons. The molecule has 1 N–H and O–H groups in total. The lowest BCUT2D eigenvalue weighted by Crippen LogP contribution is -2.32. The summed E-state index contributed by atoms with van der Waals surface area (Å²) < 4.78 is 23.0. The smallest absolute Gasteiger partial charge is 0.231 e. The topological polar surface area (TPSA) is 49.0 Å². The van der Waals surface area contributed by atoms with E-state index in [4.69, 9.17) is 18.9 Å². The van der Waals surface area contributed by atoms with Crippen LogP contribution in [0.2, 0.25) is 0 Å². The van der Waals surface area contributed by atoms with Gasteiger partial charge in [0.25, 0.3) is 0 Å². The van der Waals surface area contributed by atoms with E-state index in [1.807, 2.05) is 30.3 Å². The van der Waals surface area contributed by atoms with Crippen LogP contribution in [0.25, 0.3) is 6.08 Å². The minimum Gasteiger partial charge on any atom is -0.493 e. The van der Waals surface area contributed by atoms with Crippen LogP contribution in [0.5, 0.6) is 23.0 Å². The molecule has 34 heavy (non-hydrogen) atoms. The van der Waals surface area contributed by atoms with Crippen LogP contribution in [0.15, 0.2) is 60.7 Å². The summed E-state index contributed by atoms with van der Waals surface area (Å²) >= 11 is 0. The highest BCUT2D eigenvalue weighted by Crippen LogP contribution is 2.41. The molecule has 0 bridgehead atoms. The van der Waals surface area contributed by atoms with Gasteiger partial charge in [-0.25, -0.2) is 0 Å². The number of methoxy groups -OCH3 is 1. The lowest BCUT2D eigenvalue weighted by Gasteiger charge is -2.32. The Hall–Kier alpha value is -3.44.